The normalized spacial score (nSPS) is 15.1. The van der Waals surface area contributed by atoms with E-state index in [0.717, 1.165) is 0 Å². The number of hydrogen-bond acceptors (Lipinski definition) is 4. The van der Waals surface area contributed by atoms with Crippen molar-refractivity contribution in [1.29, 1.82) is 0 Å². The number of fused-ring (bicyclic) bond motifs is 1. The van der Waals surface area contributed by atoms with Crippen LogP contribution in [0.2, 0.25) is 0 Å². The lowest BCUT2D eigenvalue weighted by atomic mass is 10.1. The molecule has 1 aliphatic rings. The average Bonchev–Trinajstić information content (AvgIpc) is 2.64. The molecule has 1 unspecified atom stereocenters. The largest absolute Gasteiger partial charge is 0.454 e. The molecule has 0 fully saturated rings. The van der Waals surface area contributed by atoms with Gasteiger partial charge < -0.3 is 20.3 Å². The Morgan fingerprint density at radius 3 is 2.93 bits per heavy atom. The second kappa shape index (κ2) is 3.71. The van der Waals surface area contributed by atoms with Crippen molar-refractivity contribution in [3.63, 3.8) is 0 Å². The Morgan fingerprint density at radius 1 is 1.53 bits per heavy atom. The highest BCUT2D eigenvalue weighted by Crippen LogP contribution is 2.41. The summed E-state index contributed by atoms with van der Waals surface area (Å²) >= 11 is 3.25. The van der Waals surface area contributed by atoms with Gasteiger partial charge >= 0.3 is 0 Å². The van der Waals surface area contributed by atoms with Gasteiger partial charge in [0.25, 0.3) is 5.91 Å². The Morgan fingerprint density at radius 2 is 2.27 bits per heavy atom. The van der Waals surface area contributed by atoms with Crippen LogP contribution >= 0.6 is 15.9 Å². The Labute approximate surface area is 93.9 Å². The molecule has 1 atom stereocenters. The summed E-state index contributed by atoms with van der Waals surface area (Å²) in [5, 5.41) is 9.46. The standard InChI is InChI=1S/C9H8BrNO4/c10-5-1-4(7(12)9(11)13)2-6-8(5)15-3-14-6/h1-2,7,12H,3H2,(H2,11,13). The third-order valence-electron chi connectivity index (χ3n) is 2.03. The van der Waals surface area contributed by atoms with Gasteiger partial charge in [-0.05, 0) is 33.6 Å². The molecule has 0 saturated heterocycles. The third kappa shape index (κ3) is 1.78. The molecule has 1 aliphatic heterocycles. The van der Waals surface area contributed by atoms with Gasteiger partial charge in [0.2, 0.25) is 6.79 Å². The zero-order chi connectivity index (χ0) is 11.0. The summed E-state index contributed by atoms with van der Waals surface area (Å²) in [7, 11) is 0. The molecule has 0 aliphatic carbocycles. The van der Waals surface area contributed by atoms with E-state index in [1.54, 1.807) is 6.07 Å². The number of halogens is 1. The van der Waals surface area contributed by atoms with Gasteiger partial charge in [-0.15, -0.1) is 0 Å². The number of nitrogens with two attached hydrogens (primary N) is 1. The fourth-order valence-electron chi connectivity index (χ4n) is 1.31. The van der Waals surface area contributed by atoms with Crippen molar-refractivity contribution in [2.24, 2.45) is 5.73 Å². The van der Waals surface area contributed by atoms with Crippen LogP contribution in [0.25, 0.3) is 0 Å². The molecule has 5 nitrogen and oxygen atoms in total. The summed E-state index contributed by atoms with van der Waals surface area (Å²) < 4.78 is 10.9. The molecule has 3 N–H and O–H groups in total. The minimum Gasteiger partial charge on any atom is -0.454 e. The number of hydrogen-bond donors (Lipinski definition) is 2. The van der Waals surface area contributed by atoms with Crippen LogP contribution in [-0.4, -0.2) is 17.8 Å². The highest BCUT2D eigenvalue weighted by molar-refractivity contribution is 9.10. The first-order valence-electron chi connectivity index (χ1n) is 4.16. The Bertz CT molecular complexity index is 421. The van der Waals surface area contributed by atoms with E-state index < -0.39 is 12.0 Å². The maximum atomic E-state index is 10.8. The van der Waals surface area contributed by atoms with Crippen LogP contribution in [-0.2, 0) is 4.79 Å². The summed E-state index contributed by atoms with van der Waals surface area (Å²) in [5.74, 6) is 0.246. The van der Waals surface area contributed by atoms with Crippen molar-refractivity contribution in [2.75, 3.05) is 6.79 Å². The summed E-state index contributed by atoms with van der Waals surface area (Å²) in [5.41, 5.74) is 5.36. The molecule has 6 heteroatoms. The van der Waals surface area contributed by atoms with Crippen LogP contribution in [0, 0.1) is 0 Å². The molecule has 2 rings (SSSR count). The molecule has 0 radical (unpaired) electrons. The summed E-state index contributed by atoms with van der Waals surface area (Å²) in [6.45, 7) is 0.129. The second-order valence-corrected chi connectivity index (χ2v) is 3.90. The molecule has 15 heavy (non-hydrogen) atoms. The average molecular weight is 274 g/mol. The van der Waals surface area contributed by atoms with Crippen LogP contribution in [0.4, 0.5) is 0 Å². The summed E-state index contributed by atoms with van der Waals surface area (Å²) in [6, 6.07) is 3.10. The van der Waals surface area contributed by atoms with Gasteiger partial charge in [-0.2, -0.15) is 0 Å². The first-order valence-corrected chi connectivity index (χ1v) is 4.95. The molecular formula is C9H8BrNO4. The zero-order valence-electron chi connectivity index (χ0n) is 7.57. The minimum atomic E-state index is -1.34. The fourth-order valence-corrected chi connectivity index (χ4v) is 1.88. The zero-order valence-corrected chi connectivity index (χ0v) is 9.15. The lowest BCUT2D eigenvalue weighted by Gasteiger charge is -2.08. The SMILES string of the molecule is NC(=O)C(O)c1cc(Br)c2c(c1)OCO2. The Balaban J connectivity index is 2.43. The van der Waals surface area contributed by atoms with Gasteiger partial charge in [0.15, 0.2) is 17.6 Å². The van der Waals surface area contributed by atoms with E-state index in [9.17, 15) is 9.90 Å². The topological polar surface area (TPSA) is 81.8 Å². The maximum Gasteiger partial charge on any atom is 0.250 e. The minimum absolute atomic E-state index is 0.129. The number of benzene rings is 1. The quantitative estimate of drug-likeness (QED) is 0.831. The lowest BCUT2D eigenvalue weighted by Crippen LogP contribution is -2.20. The number of ether oxygens (including phenoxy) is 2. The van der Waals surface area contributed by atoms with Crippen molar-refractivity contribution in [3.8, 4) is 11.5 Å². The molecule has 0 bridgehead atoms. The summed E-state index contributed by atoms with van der Waals surface area (Å²) in [6.07, 6.45) is -1.34. The van der Waals surface area contributed by atoms with E-state index >= 15 is 0 Å². The van der Waals surface area contributed by atoms with Crippen LogP contribution in [0.1, 0.15) is 11.7 Å². The first-order chi connectivity index (χ1) is 7.09. The van der Waals surface area contributed by atoms with E-state index in [2.05, 4.69) is 15.9 Å². The van der Waals surface area contributed by atoms with E-state index in [-0.39, 0.29) is 6.79 Å². The van der Waals surface area contributed by atoms with Crippen LogP contribution in [0.3, 0.4) is 0 Å². The van der Waals surface area contributed by atoms with Gasteiger partial charge in [0, 0.05) is 0 Å². The number of aliphatic hydroxyl groups excluding tert-OH is 1. The molecule has 1 aromatic rings. The van der Waals surface area contributed by atoms with Crippen molar-refractivity contribution >= 4 is 21.8 Å². The fraction of sp³-hybridized carbons (Fsp3) is 0.222. The second-order valence-electron chi connectivity index (χ2n) is 3.04. The first kappa shape index (κ1) is 10.3. The molecule has 0 spiro atoms. The van der Waals surface area contributed by atoms with Gasteiger partial charge in [-0.25, -0.2) is 0 Å². The smallest absolute Gasteiger partial charge is 0.250 e. The van der Waals surface area contributed by atoms with E-state index in [4.69, 9.17) is 15.2 Å². The predicted octanol–water partition coefficient (Wildman–Crippen LogP) is 0.697. The number of amides is 1. The van der Waals surface area contributed by atoms with Crippen LogP contribution < -0.4 is 15.2 Å². The molecular weight excluding hydrogens is 266 g/mol. The highest BCUT2D eigenvalue weighted by Gasteiger charge is 2.22. The molecule has 0 aromatic heterocycles. The van der Waals surface area contributed by atoms with E-state index in [1.165, 1.54) is 6.07 Å². The maximum absolute atomic E-state index is 10.8. The molecule has 0 saturated carbocycles. The Hall–Kier alpha value is -1.27. The lowest BCUT2D eigenvalue weighted by molar-refractivity contribution is -0.126. The molecule has 1 amide bonds. The molecule has 80 valence electrons. The predicted molar refractivity (Wildman–Crippen MR) is 54.4 cm³/mol. The van der Waals surface area contributed by atoms with Crippen molar-refractivity contribution in [2.45, 2.75) is 6.10 Å². The van der Waals surface area contributed by atoms with Gasteiger partial charge in [0.1, 0.15) is 0 Å². The molecule has 1 heterocycles. The van der Waals surface area contributed by atoms with Crippen LogP contribution in [0.5, 0.6) is 11.5 Å². The number of carbonyl (C=O) groups is 1. The van der Waals surface area contributed by atoms with Crippen molar-refractivity contribution in [1.82, 2.24) is 0 Å². The Kier molecular flexibility index (Phi) is 2.54. The van der Waals surface area contributed by atoms with Crippen molar-refractivity contribution in [3.05, 3.63) is 22.2 Å². The van der Waals surface area contributed by atoms with Crippen molar-refractivity contribution < 1.29 is 19.4 Å². The van der Waals surface area contributed by atoms with E-state index in [0.29, 0.717) is 21.5 Å². The monoisotopic (exact) mass is 273 g/mol. The number of aliphatic hydroxyl groups is 1. The van der Waals surface area contributed by atoms with Gasteiger partial charge in [-0.3, -0.25) is 4.79 Å². The number of rotatable bonds is 2. The summed E-state index contributed by atoms with van der Waals surface area (Å²) in [4.78, 5) is 10.8. The number of carbonyl (C=O) groups excluding carboxylic acids is 1. The molecule has 1 aromatic carbocycles. The third-order valence-corrected chi connectivity index (χ3v) is 2.62. The van der Waals surface area contributed by atoms with Gasteiger partial charge in [-0.1, -0.05) is 0 Å². The van der Waals surface area contributed by atoms with Gasteiger partial charge in [0.05, 0.1) is 4.47 Å². The number of primary amides is 1. The van der Waals surface area contributed by atoms with Crippen LogP contribution in [0.15, 0.2) is 16.6 Å². The highest BCUT2D eigenvalue weighted by atomic mass is 79.9. The van der Waals surface area contributed by atoms with E-state index in [1.807, 2.05) is 0 Å².